The Kier molecular flexibility index (Phi) is 4.50. The molecular weight excluding hydrogens is 270 g/mol. The summed E-state index contributed by atoms with van der Waals surface area (Å²) in [6.07, 6.45) is 0. The first-order chi connectivity index (χ1) is 8.19. The maximum atomic E-state index is 12.0. The molecule has 1 rings (SSSR count). The Hall–Kier alpha value is -0.940. The fourth-order valence-corrected chi connectivity index (χ4v) is 3.38. The number of likely N-dealkylation sites (N-methyl/N-ethyl adjacent to an activating group) is 1. The third kappa shape index (κ3) is 3.53. The van der Waals surface area contributed by atoms with Gasteiger partial charge in [0.1, 0.15) is 15.2 Å². The molecule has 0 bridgehead atoms. The lowest BCUT2D eigenvalue weighted by atomic mass is 10.1. The minimum atomic E-state index is -3.53. The number of sulfonamides is 1. The molecule has 0 saturated heterocycles. The second-order valence-electron chi connectivity index (χ2n) is 4.76. The first kappa shape index (κ1) is 15.1. The molecule has 100 valence electrons. The molecule has 0 aliphatic rings. The van der Waals surface area contributed by atoms with Crippen molar-refractivity contribution in [1.82, 2.24) is 9.62 Å². The molecule has 18 heavy (non-hydrogen) atoms. The van der Waals surface area contributed by atoms with Crippen molar-refractivity contribution in [3.8, 4) is 6.07 Å². The Morgan fingerprint density at radius 3 is 2.50 bits per heavy atom. The molecule has 1 N–H and O–H groups in total. The van der Waals surface area contributed by atoms with Crippen LogP contribution in [-0.4, -0.2) is 39.5 Å². The van der Waals surface area contributed by atoms with Crippen molar-refractivity contribution in [3.63, 3.8) is 0 Å². The van der Waals surface area contributed by atoms with Crippen LogP contribution in [0.5, 0.6) is 0 Å². The Morgan fingerprint density at radius 2 is 2.06 bits per heavy atom. The fraction of sp³-hybridized carbons (Fsp3) is 0.545. The van der Waals surface area contributed by atoms with Gasteiger partial charge in [0.2, 0.25) is 10.0 Å². The van der Waals surface area contributed by atoms with Crippen molar-refractivity contribution in [2.45, 2.75) is 23.6 Å². The van der Waals surface area contributed by atoms with Gasteiger partial charge in [-0.05, 0) is 40.1 Å². The quantitative estimate of drug-likeness (QED) is 0.884. The monoisotopic (exact) mass is 287 g/mol. The molecule has 1 aromatic heterocycles. The summed E-state index contributed by atoms with van der Waals surface area (Å²) in [4.78, 5) is 2.34. The zero-order chi connectivity index (χ0) is 14.0. The van der Waals surface area contributed by atoms with E-state index < -0.39 is 10.0 Å². The van der Waals surface area contributed by atoms with Crippen molar-refractivity contribution in [1.29, 1.82) is 5.26 Å². The predicted molar refractivity (Wildman–Crippen MR) is 72.0 cm³/mol. The smallest absolute Gasteiger partial charge is 0.250 e. The van der Waals surface area contributed by atoms with Gasteiger partial charge in [-0.1, -0.05) is 0 Å². The van der Waals surface area contributed by atoms with Crippen LogP contribution in [0.15, 0.2) is 16.3 Å². The van der Waals surface area contributed by atoms with Gasteiger partial charge in [0.15, 0.2) is 0 Å². The summed E-state index contributed by atoms with van der Waals surface area (Å²) in [5.74, 6) is 0. The Labute approximate surface area is 112 Å². The van der Waals surface area contributed by atoms with Gasteiger partial charge in [-0.3, -0.25) is 0 Å². The highest BCUT2D eigenvalue weighted by atomic mass is 32.2. The van der Waals surface area contributed by atoms with Crippen LogP contribution in [-0.2, 0) is 10.0 Å². The van der Waals surface area contributed by atoms with Crippen LogP contribution in [0.4, 0.5) is 0 Å². The van der Waals surface area contributed by atoms with E-state index in [0.717, 1.165) is 11.3 Å². The van der Waals surface area contributed by atoms with Crippen molar-refractivity contribution in [3.05, 3.63) is 17.0 Å². The normalized spacial score (nSPS) is 12.7. The van der Waals surface area contributed by atoms with Crippen LogP contribution in [0.25, 0.3) is 0 Å². The van der Waals surface area contributed by atoms with Gasteiger partial charge < -0.3 is 4.90 Å². The number of nitriles is 1. The van der Waals surface area contributed by atoms with Crippen molar-refractivity contribution >= 4 is 21.4 Å². The summed E-state index contributed by atoms with van der Waals surface area (Å²) < 4.78 is 26.7. The van der Waals surface area contributed by atoms with Crippen LogP contribution in [0.2, 0.25) is 0 Å². The zero-order valence-corrected chi connectivity index (χ0v) is 12.5. The first-order valence-corrected chi connectivity index (χ1v) is 7.66. The third-order valence-corrected chi connectivity index (χ3v) is 5.74. The molecule has 0 amide bonds. The average molecular weight is 287 g/mol. The van der Waals surface area contributed by atoms with Crippen LogP contribution in [0.1, 0.15) is 18.7 Å². The van der Waals surface area contributed by atoms with E-state index in [4.69, 9.17) is 5.26 Å². The molecule has 0 unspecified atom stereocenters. The Morgan fingerprint density at radius 1 is 1.44 bits per heavy atom. The number of hydrogen-bond acceptors (Lipinski definition) is 5. The number of nitrogens with one attached hydrogen (secondary N) is 1. The van der Waals surface area contributed by atoms with E-state index in [1.807, 2.05) is 38.9 Å². The van der Waals surface area contributed by atoms with Crippen LogP contribution >= 0.6 is 11.3 Å². The maximum Gasteiger partial charge on any atom is 0.250 e. The van der Waals surface area contributed by atoms with Gasteiger partial charge in [0, 0.05) is 12.1 Å². The summed E-state index contributed by atoms with van der Waals surface area (Å²) in [6, 6.07) is 4.89. The minimum Gasteiger partial charge on any atom is -0.303 e. The molecule has 5 nitrogen and oxygen atoms in total. The van der Waals surface area contributed by atoms with Crippen LogP contribution in [0, 0.1) is 11.3 Å². The number of thiophene rings is 1. The van der Waals surface area contributed by atoms with E-state index in [0.29, 0.717) is 11.4 Å². The van der Waals surface area contributed by atoms with E-state index in [1.54, 1.807) is 0 Å². The molecule has 0 aliphatic heterocycles. The molecule has 0 aliphatic carbocycles. The fourth-order valence-electron chi connectivity index (χ4n) is 1.03. The number of rotatable bonds is 5. The molecule has 0 saturated carbocycles. The molecule has 0 atom stereocenters. The summed E-state index contributed by atoms with van der Waals surface area (Å²) in [5.41, 5.74) is -0.275. The topological polar surface area (TPSA) is 73.2 Å². The van der Waals surface area contributed by atoms with Crippen LogP contribution in [0.3, 0.4) is 0 Å². The van der Waals surface area contributed by atoms with Crippen molar-refractivity contribution in [2.75, 3.05) is 20.6 Å². The highest BCUT2D eigenvalue weighted by molar-refractivity contribution is 7.91. The molecule has 0 fully saturated rings. The van der Waals surface area contributed by atoms with Gasteiger partial charge in [-0.15, -0.1) is 11.3 Å². The van der Waals surface area contributed by atoms with Crippen molar-refractivity contribution in [2.24, 2.45) is 0 Å². The number of nitrogens with zero attached hydrogens (tertiary/aromatic N) is 2. The predicted octanol–water partition coefficient (Wildman–Crippen LogP) is 1.24. The van der Waals surface area contributed by atoms with E-state index in [2.05, 4.69) is 4.72 Å². The van der Waals surface area contributed by atoms with Gasteiger partial charge in [-0.25, -0.2) is 13.1 Å². The summed E-state index contributed by atoms with van der Waals surface area (Å²) in [6.45, 7) is 4.21. The van der Waals surface area contributed by atoms with Gasteiger partial charge in [0.05, 0.1) is 0 Å². The summed E-state index contributed by atoms with van der Waals surface area (Å²) in [7, 11) is 0.267. The Bertz CT molecular complexity index is 553. The van der Waals surface area contributed by atoms with Gasteiger partial charge in [-0.2, -0.15) is 5.26 Å². The van der Waals surface area contributed by atoms with Crippen molar-refractivity contribution < 1.29 is 8.42 Å². The average Bonchev–Trinajstić information content (AvgIpc) is 2.75. The van der Waals surface area contributed by atoms with Crippen LogP contribution < -0.4 is 4.72 Å². The second kappa shape index (κ2) is 5.36. The van der Waals surface area contributed by atoms with Gasteiger partial charge >= 0.3 is 0 Å². The molecule has 7 heteroatoms. The molecule has 0 spiro atoms. The zero-order valence-electron chi connectivity index (χ0n) is 10.9. The van der Waals surface area contributed by atoms with E-state index in [9.17, 15) is 8.42 Å². The van der Waals surface area contributed by atoms with Gasteiger partial charge in [0.25, 0.3) is 0 Å². The molecular formula is C11H17N3O2S2. The largest absolute Gasteiger partial charge is 0.303 e. The lowest BCUT2D eigenvalue weighted by Gasteiger charge is -2.32. The third-order valence-electron chi connectivity index (χ3n) is 2.86. The van der Waals surface area contributed by atoms with E-state index >= 15 is 0 Å². The lowest BCUT2D eigenvalue weighted by molar-refractivity contribution is 0.199. The van der Waals surface area contributed by atoms with E-state index in [-0.39, 0.29) is 9.75 Å². The lowest BCUT2D eigenvalue weighted by Crippen LogP contribution is -2.47. The minimum absolute atomic E-state index is 0.175. The molecule has 0 radical (unpaired) electrons. The first-order valence-electron chi connectivity index (χ1n) is 5.36. The summed E-state index contributed by atoms with van der Waals surface area (Å²) >= 11 is 0.974. The highest BCUT2D eigenvalue weighted by Crippen LogP contribution is 2.21. The maximum absolute atomic E-state index is 12.0. The Balaban J connectivity index is 2.81. The molecule has 1 heterocycles. The van der Waals surface area contributed by atoms with E-state index in [1.165, 1.54) is 12.1 Å². The highest BCUT2D eigenvalue weighted by Gasteiger charge is 2.24. The summed E-state index contributed by atoms with van der Waals surface area (Å²) in [5, 5.41) is 8.69. The standard InChI is InChI=1S/C11H17N3O2S2/c1-11(2,14(3)4)8-13-18(15,16)10-6-5-9(7-12)17-10/h5-6,13H,8H2,1-4H3. The second-order valence-corrected chi connectivity index (χ2v) is 7.84. The SMILES string of the molecule is CN(C)C(C)(C)CNS(=O)(=O)c1ccc(C#N)s1. The molecule has 1 aromatic rings. The number of hydrogen-bond donors (Lipinski definition) is 1. The molecule has 0 aromatic carbocycles.